The Bertz CT molecular complexity index is 661. The van der Waals surface area contributed by atoms with Gasteiger partial charge in [-0.1, -0.05) is 18.2 Å². The van der Waals surface area contributed by atoms with E-state index < -0.39 is 6.04 Å². The Labute approximate surface area is 136 Å². The van der Waals surface area contributed by atoms with Crippen LogP contribution in [0.5, 0.6) is 0 Å². The number of carbonyl (C=O) groups is 1. The second kappa shape index (κ2) is 7.15. The van der Waals surface area contributed by atoms with Gasteiger partial charge in [0.15, 0.2) is 0 Å². The van der Waals surface area contributed by atoms with E-state index in [2.05, 4.69) is 11.1 Å². The predicted octanol–water partition coefficient (Wildman–Crippen LogP) is 2.07. The highest BCUT2D eigenvalue weighted by molar-refractivity contribution is 5.86. The average Bonchev–Trinajstić information content (AvgIpc) is 2.98. The Morgan fingerprint density at radius 3 is 3.04 bits per heavy atom. The molecule has 1 amide bonds. The third-order valence-corrected chi connectivity index (χ3v) is 4.56. The van der Waals surface area contributed by atoms with E-state index in [0.29, 0.717) is 13.0 Å². The van der Waals surface area contributed by atoms with Crippen molar-refractivity contribution in [2.75, 3.05) is 20.2 Å². The van der Waals surface area contributed by atoms with Gasteiger partial charge in [-0.3, -0.25) is 4.79 Å². The molecule has 2 atom stereocenters. The van der Waals surface area contributed by atoms with Crippen molar-refractivity contribution in [2.45, 2.75) is 37.8 Å². The van der Waals surface area contributed by atoms with Crippen molar-refractivity contribution in [3.05, 3.63) is 36.0 Å². The van der Waals surface area contributed by atoms with E-state index in [-0.39, 0.29) is 12.0 Å². The number of nitrogens with two attached hydrogens (primary N) is 1. The molecule has 1 fully saturated rings. The van der Waals surface area contributed by atoms with E-state index in [0.717, 1.165) is 35.9 Å². The average molecular weight is 315 g/mol. The number of aromatic nitrogens is 1. The monoisotopic (exact) mass is 315 g/mol. The fourth-order valence-corrected chi connectivity index (χ4v) is 3.25. The first-order chi connectivity index (χ1) is 11.1. The van der Waals surface area contributed by atoms with Crippen LogP contribution in [0.3, 0.4) is 0 Å². The van der Waals surface area contributed by atoms with E-state index in [1.165, 1.54) is 6.42 Å². The summed E-state index contributed by atoms with van der Waals surface area (Å²) in [7, 11) is 1.81. The minimum Gasteiger partial charge on any atom is -0.376 e. The molecule has 2 heterocycles. The molecule has 5 heteroatoms. The van der Waals surface area contributed by atoms with Crippen molar-refractivity contribution in [3.63, 3.8) is 0 Å². The van der Waals surface area contributed by atoms with E-state index in [1.807, 2.05) is 31.4 Å². The molecule has 0 bridgehead atoms. The number of amides is 1. The number of hydrogen-bond acceptors (Lipinski definition) is 3. The number of aromatic amines is 1. The Morgan fingerprint density at radius 2 is 2.26 bits per heavy atom. The first kappa shape index (κ1) is 16.0. The SMILES string of the molecule is CN(CC1CCCCO1)C(=O)[C@@H](N)Cc1c[nH]c2ccccc12. The zero-order valence-electron chi connectivity index (χ0n) is 13.6. The van der Waals surface area contributed by atoms with Gasteiger partial charge in [0.1, 0.15) is 0 Å². The Hall–Kier alpha value is -1.85. The van der Waals surface area contributed by atoms with E-state index >= 15 is 0 Å². The number of likely N-dealkylation sites (N-methyl/N-ethyl adjacent to an activating group) is 1. The van der Waals surface area contributed by atoms with Crippen LogP contribution < -0.4 is 5.73 Å². The lowest BCUT2D eigenvalue weighted by Gasteiger charge is -2.28. The van der Waals surface area contributed by atoms with Crippen molar-refractivity contribution in [1.29, 1.82) is 0 Å². The maximum atomic E-state index is 12.5. The number of carbonyl (C=O) groups excluding carboxylic acids is 1. The standard InChI is InChI=1S/C18H25N3O2/c1-21(12-14-6-4-5-9-23-14)18(22)16(19)10-13-11-20-17-8-3-2-7-15(13)17/h2-3,7-8,11,14,16,20H,4-6,9-10,12,19H2,1H3/t14?,16-/m0/s1. The van der Waals surface area contributed by atoms with Crippen LogP contribution in [0.1, 0.15) is 24.8 Å². The highest BCUT2D eigenvalue weighted by atomic mass is 16.5. The topological polar surface area (TPSA) is 71.3 Å². The van der Waals surface area contributed by atoms with Gasteiger partial charge in [-0.05, 0) is 37.3 Å². The smallest absolute Gasteiger partial charge is 0.239 e. The summed E-state index contributed by atoms with van der Waals surface area (Å²) in [4.78, 5) is 17.5. The number of hydrogen-bond donors (Lipinski definition) is 2. The van der Waals surface area contributed by atoms with Crippen molar-refractivity contribution in [2.24, 2.45) is 5.73 Å². The van der Waals surface area contributed by atoms with Crippen molar-refractivity contribution >= 4 is 16.8 Å². The molecule has 1 aromatic heterocycles. The predicted molar refractivity (Wildman–Crippen MR) is 91.2 cm³/mol. The van der Waals surface area contributed by atoms with Gasteiger partial charge in [-0.15, -0.1) is 0 Å². The zero-order valence-corrected chi connectivity index (χ0v) is 13.6. The minimum atomic E-state index is -0.525. The third kappa shape index (κ3) is 3.74. The number of rotatable bonds is 5. The maximum Gasteiger partial charge on any atom is 0.239 e. The zero-order chi connectivity index (χ0) is 16.2. The highest BCUT2D eigenvalue weighted by Gasteiger charge is 2.23. The lowest BCUT2D eigenvalue weighted by Crippen LogP contribution is -2.46. The fourth-order valence-electron chi connectivity index (χ4n) is 3.25. The summed E-state index contributed by atoms with van der Waals surface area (Å²) < 4.78 is 5.70. The molecule has 124 valence electrons. The van der Waals surface area contributed by atoms with Crippen LogP contribution in [-0.2, 0) is 16.0 Å². The summed E-state index contributed by atoms with van der Waals surface area (Å²) in [5, 5.41) is 1.13. The molecule has 1 unspecified atom stereocenters. The minimum absolute atomic E-state index is 0.0237. The van der Waals surface area contributed by atoms with Crippen LogP contribution in [0.4, 0.5) is 0 Å². The van der Waals surface area contributed by atoms with E-state index in [9.17, 15) is 4.79 Å². The number of nitrogens with zero attached hydrogens (tertiary/aromatic N) is 1. The fraction of sp³-hybridized carbons (Fsp3) is 0.500. The number of H-pyrrole nitrogens is 1. The molecule has 2 aromatic rings. The van der Waals surface area contributed by atoms with Crippen LogP contribution in [0, 0.1) is 0 Å². The largest absolute Gasteiger partial charge is 0.376 e. The number of fused-ring (bicyclic) bond motifs is 1. The van der Waals surface area contributed by atoms with Crippen molar-refractivity contribution < 1.29 is 9.53 Å². The normalized spacial score (nSPS) is 19.7. The van der Waals surface area contributed by atoms with Crippen LogP contribution in [-0.4, -0.2) is 48.1 Å². The number of nitrogens with one attached hydrogen (secondary N) is 1. The molecule has 0 saturated carbocycles. The molecule has 1 saturated heterocycles. The quantitative estimate of drug-likeness (QED) is 0.887. The number of benzene rings is 1. The Morgan fingerprint density at radius 1 is 1.43 bits per heavy atom. The van der Waals surface area contributed by atoms with Gasteiger partial charge in [-0.25, -0.2) is 0 Å². The van der Waals surface area contributed by atoms with Crippen LogP contribution in [0.15, 0.2) is 30.5 Å². The molecule has 0 aliphatic carbocycles. The van der Waals surface area contributed by atoms with Gasteiger partial charge in [0.25, 0.3) is 0 Å². The van der Waals surface area contributed by atoms with E-state index in [1.54, 1.807) is 4.90 Å². The molecular weight excluding hydrogens is 290 g/mol. The number of para-hydroxylation sites is 1. The molecule has 5 nitrogen and oxygen atoms in total. The third-order valence-electron chi connectivity index (χ3n) is 4.56. The first-order valence-corrected chi connectivity index (χ1v) is 8.32. The molecule has 3 rings (SSSR count). The Kier molecular flexibility index (Phi) is 4.98. The summed E-state index contributed by atoms with van der Waals surface area (Å²) in [6.07, 6.45) is 5.95. The summed E-state index contributed by atoms with van der Waals surface area (Å²) >= 11 is 0. The lowest BCUT2D eigenvalue weighted by atomic mass is 10.0. The maximum absolute atomic E-state index is 12.5. The second-order valence-electron chi connectivity index (χ2n) is 6.38. The van der Waals surface area contributed by atoms with Crippen LogP contribution in [0.25, 0.3) is 10.9 Å². The van der Waals surface area contributed by atoms with Gasteiger partial charge < -0.3 is 20.4 Å². The summed E-state index contributed by atoms with van der Waals surface area (Å²) in [5.41, 5.74) is 8.32. The first-order valence-electron chi connectivity index (χ1n) is 8.32. The highest BCUT2D eigenvalue weighted by Crippen LogP contribution is 2.19. The molecule has 1 aromatic carbocycles. The van der Waals surface area contributed by atoms with E-state index in [4.69, 9.17) is 10.5 Å². The number of ether oxygens (including phenoxy) is 1. The molecule has 23 heavy (non-hydrogen) atoms. The van der Waals surface area contributed by atoms with Gasteiger partial charge in [0.05, 0.1) is 12.1 Å². The van der Waals surface area contributed by atoms with Crippen molar-refractivity contribution in [1.82, 2.24) is 9.88 Å². The lowest BCUT2D eigenvalue weighted by molar-refractivity contribution is -0.133. The summed E-state index contributed by atoms with van der Waals surface area (Å²) in [5.74, 6) is -0.0237. The van der Waals surface area contributed by atoms with Crippen LogP contribution >= 0.6 is 0 Å². The summed E-state index contributed by atoms with van der Waals surface area (Å²) in [6.45, 7) is 1.43. The molecule has 0 radical (unpaired) electrons. The van der Waals surface area contributed by atoms with Gasteiger partial charge >= 0.3 is 0 Å². The van der Waals surface area contributed by atoms with Gasteiger partial charge in [0, 0.05) is 37.3 Å². The Balaban J connectivity index is 1.60. The van der Waals surface area contributed by atoms with Gasteiger partial charge in [-0.2, -0.15) is 0 Å². The molecule has 3 N–H and O–H groups in total. The van der Waals surface area contributed by atoms with Gasteiger partial charge in [0.2, 0.25) is 5.91 Å². The molecule has 0 spiro atoms. The molecular formula is C18H25N3O2. The molecule has 1 aliphatic heterocycles. The van der Waals surface area contributed by atoms with Crippen molar-refractivity contribution in [3.8, 4) is 0 Å². The van der Waals surface area contributed by atoms with Crippen LogP contribution in [0.2, 0.25) is 0 Å². The molecule has 1 aliphatic rings. The second-order valence-corrected chi connectivity index (χ2v) is 6.38. The summed E-state index contributed by atoms with van der Waals surface area (Å²) in [6, 6.07) is 7.55.